The largest absolute Gasteiger partial charge is 0.467 e. The molecule has 1 aromatic heterocycles. The van der Waals surface area contributed by atoms with Gasteiger partial charge < -0.3 is 9.32 Å². The van der Waals surface area contributed by atoms with Crippen LogP contribution >= 0.6 is 0 Å². The lowest BCUT2D eigenvalue weighted by Gasteiger charge is -2.32. The number of carbonyl (C=O) groups excluding carboxylic acids is 3. The molecule has 1 aromatic carbocycles. The zero-order valence-corrected chi connectivity index (χ0v) is 18.3. The molecule has 1 saturated carbocycles. The molecule has 2 fully saturated rings. The Morgan fingerprint density at radius 3 is 2.38 bits per heavy atom. The first-order valence-electron chi connectivity index (χ1n) is 10.6. The van der Waals surface area contributed by atoms with Gasteiger partial charge in [0.25, 0.3) is 5.91 Å². The summed E-state index contributed by atoms with van der Waals surface area (Å²) in [6.45, 7) is 0.101. The Bertz CT molecular complexity index is 1110. The van der Waals surface area contributed by atoms with E-state index in [9.17, 15) is 22.8 Å². The fourth-order valence-electron chi connectivity index (χ4n) is 4.41. The van der Waals surface area contributed by atoms with E-state index in [-0.39, 0.29) is 35.4 Å². The number of rotatable bonds is 6. The van der Waals surface area contributed by atoms with Crippen LogP contribution in [0.1, 0.15) is 44.3 Å². The highest BCUT2D eigenvalue weighted by molar-refractivity contribution is 7.89. The third kappa shape index (κ3) is 4.46. The summed E-state index contributed by atoms with van der Waals surface area (Å²) < 4.78 is 28.4. The van der Waals surface area contributed by atoms with Gasteiger partial charge >= 0.3 is 0 Å². The molecule has 32 heavy (non-hydrogen) atoms. The van der Waals surface area contributed by atoms with Gasteiger partial charge in [0.2, 0.25) is 21.8 Å². The number of nitrogens with two attached hydrogens (primary N) is 1. The summed E-state index contributed by atoms with van der Waals surface area (Å²) in [4.78, 5) is 41.8. The number of amides is 3. The molecule has 0 bridgehead atoms. The Morgan fingerprint density at radius 2 is 1.78 bits per heavy atom. The van der Waals surface area contributed by atoms with Gasteiger partial charge in [0.15, 0.2) is 0 Å². The molecule has 1 atom stereocenters. The fraction of sp³-hybridized carbons (Fsp3) is 0.409. The molecule has 4 rings (SSSR count). The lowest BCUT2D eigenvalue weighted by atomic mass is 9.88. The Kier molecular flexibility index (Phi) is 6.16. The van der Waals surface area contributed by atoms with Crippen LogP contribution in [-0.4, -0.2) is 37.1 Å². The minimum Gasteiger partial charge on any atom is -0.467 e. The van der Waals surface area contributed by atoms with Crippen molar-refractivity contribution in [1.29, 1.82) is 0 Å². The SMILES string of the molecule is NS(=O)(=O)c1ccc(N2C(=O)CC(N(Cc3ccco3)C(=O)C3CCCCC3)C2=O)cc1. The Morgan fingerprint density at radius 1 is 1.09 bits per heavy atom. The second-order valence-corrected chi connectivity index (χ2v) is 9.77. The van der Waals surface area contributed by atoms with Crippen molar-refractivity contribution < 1.29 is 27.2 Å². The minimum absolute atomic E-state index is 0.101. The first kappa shape index (κ1) is 22.2. The molecule has 10 heteroatoms. The monoisotopic (exact) mass is 459 g/mol. The molecule has 1 aliphatic carbocycles. The summed E-state index contributed by atoms with van der Waals surface area (Å²) in [5, 5.41) is 5.12. The molecule has 0 radical (unpaired) electrons. The number of primary sulfonamides is 1. The third-order valence-electron chi connectivity index (χ3n) is 6.07. The van der Waals surface area contributed by atoms with E-state index in [0.29, 0.717) is 5.76 Å². The van der Waals surface area contributed by atoms with Gasteiger partial charge in [-0.2, -0.15) is 0 Å². The average Bonchev–Trinajstić information content (AvgIpc) is 3.39. The number of furan rings is 1. The first-order valence-corrected chi connectivity index (χ1v) is 12.1. The van der Waals surface area contributed by atoms with Gasteiger partial charge in [-0.3, -0.25) is 14.4 Å². The number of hydrogen-bond donors (Lipinski definition) is 1. The molecule has 1 saturated heterocycles. The van der Waals surface area contributed by atoms with E-state index in [1.807, 2.05) is 0 Å². The number of nitrogens with zero attached hydrogens (tertiary/aromatic N) is 2. The van der Waals surface area contributed by atoms with Gasteiger partial charge in [0.1, 0.15) is 11.8 Å². The van der Waals surface area contributed by atoms with Crippen molar-refractivity contribution in [2.75, 3.05) is 4.90 Å². The topological polar surface area (TPSA) is 131 Å². The van der Waals surface area contributed by atoms with Gasteiger partial charge in [-0.05, 0) is 49.2 Å². The first-order chi connectivity index (χ1) is 15.3. The van der Waals surface area contributed by atoms with E-state index in [0.717, 1.165) is 37.0 Å². The quantitative estimate of drug-likeness (QED) is 0.659. The van der Waals surface area contributed by atoms with Crippen LogP contribution in [0.25, 0.3) is 0 Å². The average molecular weight is 460 g/mol. The van der Waals surface area contributed by atoms with Crippen molar-refractivity contribution in [3.05, 3.63) is 48.4 Å². The summed E-state index contributed by atoms with van der Waals surface area (Å²) in [5.41, 5.74) is 0.234. The van der Waals surface area contributed by atoms with Crippen molar-refractivity contribution in [3.63, 3.8) is 0 Å². The lowest BCUT2D eigenvalue weighted by molar-refractivity contribution is -0.143. The molecule has 1 aliphatic heterocycles. The van der Waals surface area contributed by atoms with Gasteiger partial charge in [-0.1, -0.05) is 19.3 Å². The number of imide groups is 1. The zero-order valence-electron chi connectivity index (χ0n) is 17.5. The summed E-state index contributed by atoms with van der Waals surface area (Å²) in [6, 6.07) is 7.69. The van der Waals surface area contributed by atoms with E-state index >= 15 is 0 Å². The molecule has 2 aromatic rings. The van der Waals surface area contributed by atoms with Crippen LogP contribution in [-0.2, 0) is 31.0 Å². The highest BCUT2D eigenvalue weighted by atomic mass is 32.2. The second-order valence-electron chi connectivity index (χ2n) is 8.21. The molecule has 0 spiro atoms. The minimum atomic E-state index is -3.90. The number of anilines is 1. The van der Waals surface area contributed by atoms with E-state index < -0.39 is 27.9 Å². The smallest absolute Gasteiger partial charge is 0.257 e. The number of sulfonamides is 1. The molecule has 9 nitrogen and oxygen atoms in total. The fourth-order valence-corrected chi connectivity index (χ4v) is 4.93. The van der Waals surface area contributed by atoms with Crippen LogP contribution < -0.4 is 10.0 Å². The summed E-state index contributed by atoms with van der Waals surface area (Å²) in [6.07, 6.45) is 5.90. The normalized spacial score (nSPS) is 20.0. The van der Waals surface area contributed by atoms with Crippen molar-refractivity contribution in [2.45, 2.75) is 56.0 Å². The van der Waals surface area contributed by atoms with E-state index in [1.54, 1.807) is 12.1 Å². The summed E-state index contributed by atoms with van der Waals surface area (Å²) >= 11 is 0. The standard InChI is InChI=1S/C22H25N3O6S/c23-32(29,30)18-10-8-16(9-11-18)25-20(26)13-19(22(25)28)24(14-17-7-4-12-31-17)21(27)15-5-2-1-3-6-15/h4,7-12,15,19H,1-3,5-6,13-14H2,(H2,23,29,30). The van der Waals surface area contributed by atoms with Gasteiger partial charge in [0, 0.05) is 5.92 Å². The highest BCUT2D eigenvalue weighted by Crippen LogP contribution is 2.31. The predicted molar refractivity (Wildman–Crippen MR) is 115 cm³/mol. The maximum absolute atomic E-state index is 13.4. The van der Waals surface area contributed by atoms with Crippen LogP contribution in [0.2, 0.25) is 0 Å². The van der Waals surface area contributed by atoms with E-state index in [4.69, 9.17) is 9.56 Å². The highest BCUT2D eigenvalue weighted by Gasteiger charge is 2.45. The molecule has 3 amide bonds. The van der Waals surface area contributed by atoms with E-state index in [2.05, 4.69) is 0 Å². The number of benzene rings is 1. The van der Waals surface area contributed by atoms with Gasteiger partial charge in [-0.25, -0.2) is 18.5 Å². The molecular formula is C22H25N3O6S. The maximum Gasteiger partial charge on any atom is 0.257 e. The van der Waals surface area contributed by atoms with Crippen LogP contribution in [0.4, 0.5) is 5.69 Å². The molecule has 170 valence electrons. The molecule has 2 N–H and O–H groups in total. The predicted octanol–water partition coefficient (Wildman–Crippen LogP) is 2.17. The molecule has 1 unspecified atom stereocenters. The Balaban J connectivity index is 1.61. The number of hydrogen-bond acceptors (Lipinski definition) is 6. The van der Waals surface area contributed by atoms with Crippen molar-refractivity contribution >= 4 is 33.4 Å². The van der Waals surface area contributed by atoms with Crippen LogP contribution in [0, 0.1) is 5.92 Å². The molecular weight excluding hydrogens is 434 g/mol. The maximum atomic E-state index is 13.4. The van der Waals surface area contributed by atoms with Gasteiger partial charge in [0.05, 0.1) is 29.8 Å². The number of carbonyl (C=O) groups is 3. The lowest BCUT2D eigenvalue weighted by Crippen LogP contribution is -2.47. The van der Waals surface area contributed by atoms with Crippen LogP contribution in [0.5, 0.6) is 0 Å². The van der Waals surface area contributed by atoms with E-state index in [1.165, 1.54) is 35.4 Å². The Hall–Kier alpha value is -2.98. The summed E-state index contributed by atoms with van der Waals surface area (Å²) in [7, 11) is -3.90. The van der Waals surface area contributed by atoms with Crippen molar-refractivity contribution in [3.8, 4) is 0 Å². The third-order valence-corrected chi connectivity index (χ3v) is 7.00. The van der Waals surface area contributed by atoms with Crippen LogP contribution in [0.15, 0.2) is 52.0 Å². The zero-order chi connectivity index (χ0) is 22.9. The second kappa shape index (κ2) is 8.87. The summed E-state index contributed by atoms with van der Waals surface area (Å²) in [5.74, 6) is -0.757. The Labute approximate surface area is 186 Å². The molecule has 2 aliphatic rings. The molecule has 2 heterocycles. The van der Waals surface area contributed by atoms with Crippen molar-refractivity contribution in [2.24, 2.45) is 11.1 Å². The van der Waals surface area contributed by atoms with Crippen molar-refractivity contribution in [1.82, 2.24) is 4.90 Å². The van der Waals surface area contributed by atoms with Crippen LogP contribution in [0.3, 0.4) is 0 Å². The van der Waals surface area contributed by atoms with Gasteiger partial charge in [-0.15, -0.1) is 0 Å².